The molecule has 1 aliphatic heterocycles. The molecular weight excluding hydrogens is 598 g/mol. The van der Waals surface area contributed by atoms with Crippen LogP contribution in [0.2, 0.25) is 4.34 Å². The van der Waals surface area contributed by atoms with Gasteiger partial charge in [-0.3, -0.25) is 4.79 Å². The van der Waals surface area contributed by atoms with Crippen LogP contribution in [0.25, 0.3) is 5.52 Å². The van der Waals surface area contributed by atoms with E-state index in [1.807, 2.05) is 6.07 Å². The fraction of sp³-hybridized carbons (Fsp3) is 0.500. The smallest absolute Gasteiger partial charge is 0.407 e. The number of nitrogen functional groups attached to an aromatic ring is 1. The highest BCUT2D eigenvalue weighted by molar-refractivity contribution is 9.10. The number of anilines is 2. The van der Waals surface area contributed by atoms with Crippen LogP contribution in [-0.2, 0) is 4.74 Å². The number of nitrogens with one attached hydrogen (secondary N) is 2. The van der Waals surface area contributed by atoms with Gasteiger partial charge in [-0.05, 0) is 62.5 Å². The van der Waals surface area contributed by atoms with E-state index in [2.05, 4.69) is 41.5 Å². The number of hydrogen-bond donors (Lipinski definition) is 3. The fourth-order valence-corrected chi connectivity index (χ4v) is 5.74. The van der Waals surface area contributed by atoms with E-state index in [9.17, 15) is 9.59 Å². The summed E-state index contributed by atoms with van der Waals surface area (Å²) in [5.41, 5.74) is 7.18. The van der Waals surface area contributed by atoms with Crippen LogP contribution in [0.3, 0.4) is 0 Å². The molecule has 0 radical (unpaired) electrons. The molecule has 11 nitrogen and oxygen atoms in total. The maximum absolute atomic E-state index is 13.2. The lowest BCUT2D eigenvalue weighted by Crippen LogP contribution is -2.47. The number of rotatable bonds is 7. The Labute approximate surface area is 238 Å². The van der Waals surface area contributed by atoms with Crippen molar-refractivity contribution in [2.24, 2.45) is 0 Å². The number of hydrogen-bond acceptors (Lipinski definition) is 9. The summed E-state index contributed by atoms with van der Waals surface area (Å²) in [4.78, 5) is 31.9. The van der Waals surface area contributed by atoms with Gasteiger partial charge in [0.05, 0.1) is 16.1 Å². The Morgan fingerprint density at radius 3 is 2.87 bits per heavy atom. The first-order chi connectivity index (χ1) is 17.9. The molecule has 4 rings (SSSR count). The average molecular weight is 629 g/mol. The maximum Gasteiger partial charge on any atom is 0.407 e. The zero-order valence-electron chi connectivity index (χ0n) is 21.6. The van der Waals surface area contributed by atoms with E-state index in [0.717, 1.165) is 46.5 Å². The van der Waals surface area contributed by atoms with E-state index >= 15 is 0 Å². The van der Waals surface area contributed by atoms with Crippen molar-refractivity contribution >= 4 is 67.9 Å². The van der Waals surface area contributed by atoms with Crippen LogP contribution >= 0.6 is 38.9 Å². The summed E-state index contributed by atoms with van der Waals surface area (Å²) < 4.78 is 14.0. The number of carbonyl (C=O) groups is 2. The highest BCUT2D eigenvalue weighted by atomic mass is 79.9. The molecule has 2 amide bonds. The molecular formula is C24H31BrClN7O4S. The summed E-state index contributed by atoms with van der Waals surface area (Å²) in [6.45, 7) is 8.72. The second-order valence-corrected chi connectivity index (χ2v) is 12.6. The normalized spacial score (nSPS) is 16.8. The minimum absolute atomic E-state index is 0.0997. The Bertz CT molecular complexity index is 1330. The Morgan fingerprint density at radius 1 is 1.37 bits per heavy atom. The molecule has 0 saturated carbocycles. The van der Waals surface area contributed by atoms with Crippen LogP contribution in [0.4, 0.5) is 16.3 Å². The number of nitrogens with zero attached hydrogens (tertiary/aromatic N) is 4. The minimum Gasteiger partial charge on any atom is -0.490 e. The third kappa shape index (κ3) is 6.80. The van der Waals surface area contributed by atoms with Gasteiger partial charge >= 0.3 is 6.09 Å². The van der Waals surface area contributed by atoms with Gasteiger partial charge in [0.25, 0.3) is 5.91 Å². The number of aromatic nitrogens is 3. The summed E-state index contributed by atoms with van der Waals surface area (Å²) >= 11 is 10.9. The number of carbonyl (C=O) groups excluding carboxylic acids is 2. The number of piperidine rings is 1. The molecule has 1 aliphatic rings. The van der Waals surface area contributed by atoms with Gasteiger partial charge in [0.15, 0.2) is 5.82 Å². The highest BCUT2D eigenvalue weighted by Crippen LogP contribution is 2.35. The monoisotopic (exact) mass is 627 g/mol. The molecule has 206 valence electrons. The van der Waals surface area contributed by atoms with Crippen molar-refractivity contribution in [2.45, 2.75) is 58.2 Å². The number of fused-ring (bicyclic) bond motifs is 1. The molecule has 14 heteroatoms. The van der Waals surface area contributed by atoms with Gasteiger partial charge in [0.1, 0.15) is 39.3 Å². The average Bonchev–Trinajstić information content (AvgIpc) is 3.37. The van der Waals surface area contributed by atoms with Gasteiger partial charge in [0, 0.05) is 25.2 Å². The molecule has 4 N–H and O–H groups in total. The molecule has 0 aliphatic carbocycles. The first-order valence-corrected chi connectivity index (χ1v) is 14.1. The van der Waals surface area contributed by atoms with Crippen LogP contribution < -0.4 is 26.0 Å². The van der Waals surface area contributed by atoms with Crippen LogP contribution in [-0.4, -0.2) is 64.0 Å². The molecule has 4 heterocycles. The summed E-state index contributed by atoms with van der Waals surface area (Å²) in [5, 5.41) is 10.1. The van der Waals surface area contributed by atoms with Gasteiger partial charge in [0.2, 0.25) is 0 Å². The van der Waals surface area contributed by atoms with Crippen molar-refractivity contribution in [1.29, 1.82) is 0 Å². The van der Waals surface area contributed by atoms with E-state index in [-0.39, 0.29) is 24.6 Å². The topological polar surface area (TPSA) is 136 Å². The van der Waals surface area contributed by atoms with E-state index in [1.54, 1.807) is 38.3 Å². The molecule has 0 aromatic carbocycles. The lowest BCUT2D eigenvalue weighted by Gasteiger charge is -2.34. The fourth-order valence-electron chi connectivity index (χ4n) is 4.19. The van der Waals surface area contributed by atoms with Crippen LogP contribution in [0.1, 0.15) is 50.2 Å². The summed E-state index contributed by atoms with van der Waals surface area (Å²) in [5.74, 6) is 0.495. The summed E-state index contributed by atoms with van der Waals surface area (Å²) in [7, 11) is 0. The first kappa shape index (κ1) is 28.2. The molecule has 1 saturated heterocycles. The van der Waals surface area contributed by atoms with Crippen molar-refractivity contribution in [3.05, 3.63) is 32.3 Å². The largest absolute Gasteiger partial charge is 0.490 e. The van der Waals surface area contributed by atoms with E-state index in [4.69, 9.17) is 26.8 Å². The number of ether oxygens (including phenoxy) is 2. The van der Waals surface area contributed by atoms with Gasteiger partial charge in [-0.15, -0.1) is 11.3 Å². The Hall–Kier alpha value is -2.77. The lowest BCUT2D eigenvalue weighted by atomic mass is 10.0. The maximum atomic E-state index is 13.2. The molecule has 0 bridgehead atoms. The minimum atomic E-state index is -0.600. The molecule has 0 unspecified atom stereocenters. The second-order valence-electron chi connectivity index (χ2n) is 10.1. The van der Waals surface area contributed by atoms with Gasteiger partial charge in [-0.25, -0.2) is 14.3 Å². The molecule has 3 aromatic rings. The van der Waals surface area contributed by atoms with Crippen molar-refractivity contribution in [3.63, 3.8) is 0 Å². The number of halogens is 2. The van der Waals surface area contributed by atoms with Gasteiger partial charge < -0.3 is 30.7 Å². The molecule has 1 fully saturated rings. The second kappa shape index (κ2) is 11.5. The quantitative estimate of drug-likeness (QED) is 0.349. The standard InChI is InChI=1S/C24H31BrClN7O4S/c1-13(30-23(35)37-24(2,3)4)11-36-16-9-18(26)38-20(16)22(34)31-14-6-5-7-32(10-14)15-8-17(25)33-19(15)21(27)28-12-29-33/h8-9,12-14H,5-7,10-11H2,1-4H3,(H,30,35)(H,31,34)(H2,27,28,29)/t13-,14+/m0/s1. The zero-order valence-corrected chi connectivity index (χ0v) is 24.7. The van der Waals surface area contributed by atoms with Crippen molar-refractivity contribution in [2.75, 3.05) is 30.3 Å². The number of thiophene rings is 1. The summed E-state index contributed by atoms with van der Waals surface area (Å²) in [6, 6.07) is 3.13. The van der Waals surface area contributed by atoms with Crippen LogP contribution in [0, 0.1) is 0 Å². The third-order valence-corrected chi connectivity index (χ3v) is 7.55. The summed E-state index contributed by atoms with van der Waals surface area (Å²) in [6.07, 6.45) is 2.59. The Balaban J connectivity index is 1.39. The van der Waals surface area contributed by atoms with Crippen molar-refractivity contribution < 1.29 is 19.1 Å². The zero-order chi connectivity index (χ0) is 27.6. The Kier molecular flexibility index (Phi) is 8.58. The van der Waals surface area contributed by atoms with E-state index < -0.39 is 11.7 Å². The predicted molar refractivity (Wildman–Crippen MR) is 151 cm³/mol. The number of nitrogens with two attached hydrogens (primary N) is 1. The third-order valence-electron chi connectivity index (χ3n) is 5.74. The van der Waals surface area contributed by atoms with E-state index in [1.165, 1.54) is 6.33 Å². The lowest BCUT2D eigenvalue weighted by molar-refractivity contribution is 0.0493. The highest BCUT2D eigenvalue weighted by Gasteiger charge is 2.27. The molecule has 3 aromatic heterocycles. The molecule has 2 atom stereocenters. The Morgan fingerprint density at radius 2 is 2.13 bits per heavy atom. The number of alkyl carbamates (subject to hydrolysis) is 1. The number of amides is 2. The van der Waals surface area contributed by atoms with E-state index in [0.29, 0.717) is 27.3 Å². The van der Waals surface area contributed by atoms with Gasteiger partial charge in [-0.1, -0.05) is 11.6 Å². The SMILES string of the molecule is C[C@@H](COc1cc(Cl)sc1C(=O)N[C@@H]1CCCN(c2cc(Br)n3ncnc(N)c23)C1)NC(=O)OC(C)(C)C. The predicted octanol–water partition coefficient (Wildman–Crippen LogP) is 4.48. The van der Waals surface area contributed by atoms with Crippen LogP contribution in [0.15, 0.2) is 23.1 Å². The van der Waals surface area contributed by atoms with Crippen molar-refractivity contribution in [3.8, 4) is 5.75 Å². The molecule has 38 heavy (non-hydrogen) atoms. The van der Waals surface area contributed by atoms with Crippen LogP contribution in [0.5, 0.6) is 5.75 Å². The van der Waals surface area contributed by atoms with Crippen molar-refractivity contribution in [1.82, 2.24) is 25.2 Å². The van der Waals surface area contributed by atoms with Gasteiger partial charge in [-0.2, -0.15) is 5.10 Å². The molecule has 0 spiro atoms. The first-order valence-electron chi connectivity index (χ1n) is 12.2.